The van der Waals surface area contributed by atoms with Gasteiger partial charge in [-0.1, -0.05) is 6.92 Å². The Morgan fingerprint density at radius 1 is 1.21 bits per heavy atom. The minimum absolute atomic E-state index is 0.0995. The highest BCUT2D eigenvalue weighted by molar-refractivity contribution is 5.48. The minimum atomic E-state index is -0.138. The third-order valence-electron chi connectivity index (χ3n) is 1.50. The lowest BCUT2D eigenvalue weighted by molar-refractivity contribution is -0.107. The van der Waals surface area contributed by atoms with E-state index in [4.69, 9.17) is 15.3 Å². The molecule has 1 aromatic carbocycles. The van der Waals surface area contributed by atoms with Crippen molar-refractivity contribution in [3.8, 4) is 17.2 Å². The Bertz CT molecular complexity index is 284. The molecule has 14 heavy (non-hydrogen) atoms. The van der Waals surface area contributed by atoms with Gasteiger partial charge in [0.1, 0.15) is 23.5 Å². The van der Waals surface area contributed by atoms with E-state index in [0.717, 1.165) is 6.29 Å². The van der Waals surface area contributed by atoms with Crippen LogP contribution in [0, 0.1) is 6.92 Å². The van der Waals surface area contributed by atoms with Crippen molar-refractivity contribution in [3.63, 3.8) is 0 Å². The second-order valence-corrected chi connectivity index (χ2v) is 2.68. The molecule has 0 aliphatic rings. The van der Waals surface area contributed by atoms with E-state index in [9.17, 15) is 4.79 Å². The molecule has 0 bridgehead atoms. The molecule has 3 N–H and O–H groups in total. The molecule has 0 atom stereocenters. The molecule has 0 heterocycles. The van der Waals surface area contributed by atoms with E-state index in [1.165, 1.54) is 12.1 Å². The standard InChI is InChI=1S/C7H8O3.C3H6O/c1-4-6(9)2-5(8)3-7(4)10;1-2-3-4/h2-3,8-10H,1H3;3H,2H2,1H3. The minimum Gasteiger partial charge on any atom is -0.508 e. The smallest absolute Gasteiger partial charge is 0.125 e. The lowest BCUT2D eigenvalue weighted by atomic mass is 10.2. The Morgan fingerprint density at radius 2 is 1.57 bits per heavy atom. The molecular formula is C10H14O4. The number of carbonyl (C=O) groups excluding carboxylic acids is 1. The van der Waals surface area contributed by atoms with E-state index < -0.39 is 0 Å². The van der Waals surface area contributed by atoms with Crippen molar-refractivity contribution in [2.24, 2.45) is 0 Å². The monoisotopic (exact) mass is 198 g/mol. The van der Waals surface area contributed by atoms with Crippen molar-refractivity contribution in [3.05, 3.63) is 17.7 Å². The molecule has 4 nitrogen and oxygen atoms in total. The molecule has 0 aliphatic heterocycles. The average molecular weight is 198 g/mol. The lowest BCUT2D eigenvalue weighted by Crippen LogP contribution is -1.75. The molecule has 0 radical (unpaired) electrons. The molecule has 0 saturated heterocycles. The fraction of sp³-hybridized carbons (Fsp3) is 0.300. The van der Waals surface area contributed by atoms with E-state index in [1.54, 1.807) is 6.92 Å². The van der Waals surface area contributed by atoms with Crippen LogP contribution >= 0.6 is 0 Å². The summed E-state index contributed by atoms with van der Waals surface area (Å²) in [4.78, 5) is 9.17. The van der Waals surface area contributed by atoms with E-state index in [-0.39, 0.29) is 17.2 Å². The maximum Gasteiger partial charge on any atom is 0.125 e. The number of phenols is 3. The number of phenolic OH excluding ortho intramolecular Hbond substituents is 3. The van der Waals surface area contributed by atoms with Crippen LogP contribution in [0.1, 0.15) is 18.9 Å². The van der Waals surface area contributed by atoms with Gasteiger partial charge < -0.3 is 20.1 Å². The second-order valence-electron chi connectivity index (χ2n) is 2.68. The summed E-state index contributed by atoms with van der Waals surface area (Å²) < 4.78 is 0. The molecule has 1 aromatic rings. The zero-order valence-electron chi connectivity index (χ0n) is 8.19. The first-order chi connectivity index (χ1) is 6.52. The quantitative estimate of drug-likeness (QED) is 0.600. The summed E-state index contributed by atoms with van der Waals surface area (Å²) in [6, 6.07) is 2.35. The van der Waals surface area contributed by atoms with Crippen LogP contribution in [-0.4, -0.2) is 21.6 Å². The zero-order chi connectivity index (χ0) is 11.1. The highest BCUT2D eigenvalue weighted by atomic mass is 16.3. The highest BCUT2D eigenvalue weighted by Gasteiger charge is 2.02. The molecule has 0 unspecified atom stereocenters. The van der Waals surface area contributed by atoms with Crippen LogP contribution in [-0.2, 0) is 4.79 Å². The van der Waals surface area contributed by atoms with Crippen molar-refractivity contribution in [2.45, 2.75) is 20.3 Å². The normalized spacial score (nSPS) is 8.71. The fourth-order valence-corrected chi connectivity index (χ4v) is 0.670. The maximum atomic E-state index is 9.17. The average Bonchev–Trinajstić information content (AvgIpc) is 2.14. The summed E-state index contributed by atoms with van der Waals surface area (Å²) in [5.41, 5.74) is 0.373. The van der Waals surface area contributed by atoms with E-state index in [2.05, 4.69) is 0 Å². The third-order valence-corrected chi connectivity index (χ3v) is 1.50. The van der Waals surface area contributed by atoms with Crippen molar-refractivity contribution >= 4 is 6.29 Å². The van der Waals surface area contributed by atoms with Gasteiger partial charge in [0.25, 0.3) is 0 Å². The van der Waals surface area contributed by atoms with E-state index >= 15 is 0 Å². The number of carbonyl (C=O) groups is 1. The maximum absolute atomic E-state index is 9.17. The number of benzene rings is 1. The molecule has 0 saturated carbocycles. The zero-order valence-corrected chi connectivity index (χ0v) is 8.19. The number of aromatic hydroxyl groups is 3. The van der Waals surface area contributed by atoms with Crippen molar-refractivity contribution in [2.75, 3.05) is 0 Å². The Kier molecular flexibility index (Phi) is 5.14. The Morgan fingerprint density at radius 3 is 1.86 bits per heavy atom. The molecule has 0 fully saturated rings. The van der Waals surface area contributed by atoms with Crippen LogP contribution in [0.3, 0.4) is 0 Å². The molecule has 0 aromatic heterocycles. The van der Waals surface area contributed by atoms with Crippen molar-refractivity contribution in [1.29, 1.82) is 0 Å². The van der Waals surface area contributed by atoms with Gasteiger partial charge in [-0.05, 0) is 6.92 Å². The number of hydrogen-bond acceptors (Lipinski definition) is 4. The predicted molar refractivity (Wildman–Crippen MR) is 52.5 cm³/mol. The first-order valence-corrected chi connectivity index (χ1v) is 4.18. The summed E-state index contributed by atoms with van der Waals surface area (Å²) in [5, 5.41) is 26.7. The Hall–Kier alpha value is -1.71. The molecule has 78 valence electrons. The van der Waals surface area contributed by atoms with Crippen LogP contribution in [0.2, 0.25) is 0 Å². The first kappa shape index (κ1) is 12.3. The lowest BCUT2D eigenvalue weighted by Gasteiger charge is -2.01. The van der Waals surface area contributed by atoms with Crippen LogP contribution in [0.15, 0.2) is 12.1 Å². The molecule has 0 aliphatic carbocycles. The van der Waals surface area contributed by atoms with E-state index in [1.807, 2.05) is 6.92 Å². The highest BCUT2D eigenvalue weighted by Crippen LogP contribution is 2.30. The van der Waals surface area contributed by atoms with Gasteiger partial charge in [0, 0.05) is 24.1 Å². The van der Waals surface area contributed by atoms with Crippen LogP contribution in [0.5, 0.6) is 17.2 Å². The van der Waals surface area contributed by atoms with E-state index in [0.29, 0.717) is 12.0 Å². The summed E-state index contributed by atoms with van der Waals surface area (Å²) in [6.07, 6.45) is 1.51. The number of rotatable bonds is 1. The molecule has 1 rings (SSSR count). The van der Waals surface area contributed by atoms with Gasteiger partial charge in [0.15, 0.2) is 0 Å². The summed E-state index contributed by atoms with van der Waals surface area (Å²) >= 11 is 0. The van der Waals surface area contributed by atoms with Crippen LogP contribution < -0.4 is 0 Å². The summed E-state index contributed by atoms with van der Waals surface area (Å²) in [7, 11) is 0. The number of hydrogen-bond donors (Lipinski definition) is 3. The Balaban J connectivity index is 0.000000364. The van der Waals surface area contributed by atoms with Crippen LogP contribution in [0.25, 0.3) is 0 Å². The Labute approximate surface area is 82.4 Å². The van der Waals surface area contributed by atoms with Crippen molar-refractivity contribution in [1.82, 2.24) is 0 Å². The molecule has 0 spiro atoms. The predicted octanol–water partition coefficient (Wildman–Crippen LogP) is 1.71. The van der Waals surface area contributed by atoms with Gasteiger partial charge in [-0.15, -0.1) is 0 Å². The molecule has 4 heteroatoms. The van der Waals surface area contributed by atoms with Gasteiger partial charge in [0.2, 0.25) is 0 Å². The first-order valence-electron chi connectivity index (χ1n) is 4.18. The van der Waals surface area contributed by atoms with Gasteiger partial charge in [-0.3, -0.25) is 0 Å². The third kappa shape index (κ3) is 3.80. The molecule has 0 amide bonds. The molecular weight excluding hydrogens is 184 g/mol. The van der Waals surface area contributed by atoms with Gasteiger partial charge in [-0.2, -0.15) is 0 Å². The number of aldehydes is 1. The topological polar surface area (TPSA) is 77.8 Å². The van der Waals surface area contributed by atoms with Gasteiger partial charge >= 0.3 is 0 Å². The SMILES string of the molecule is CCC=O.Cc1c(O)cc(O)cc1O. The largest absolute Gasteiger partial charge is 0.508 e. The second kappa shape index (κ2) is 5.85. The fourth-order valence-electron chi connectivity index (χ4n) is 0.670. The van der Waals surface area contributed by atoms with Gasteiger partial charge in [-0.25, -0.2) is 0 Å². The van der Waals surface area contributed by atoms with Crippen LogP contribution in [0.4, 0.5) is 0 Å². The van der Waals surface area contributed by atoms with Gasteiger partial charge in [0.05, 0.1) is 0 Å². The summed E-state index contributed by atoms with van der Waals surface area (Å²) in [5.74, 6) is -0.337. The summed E-state index contributed by atoms with van der Waals surface area (Å²) in [6.45, 7) is 3.37. The van der Waals surface area contributed by atoms with Crippen molar-refractivity contribution < 1.29 is 20.1 Å².